The summed E-state index contributed by atoms with van der Waals surface area (Å²) in [5.41, 5.74) is 3.30. The minimum absolute atomic E-state index is 0.294. The average Bonchev–Trinajstić information content (AvgIpc) is 2.80. The Bertz CT molecular complexity index is 413. The van der Waals surface area contributed by atoms with Crippen molar-refractivity contribution in [2.24, 2.45) is 0 Å². The van der Waals surface area contributed by atoms with E-state index >= 15 is 0 Å². The monoisotopic (exact) mass is 235 g/mol. The average molecular weight is 235 g/mol. The largest absolute Gasteiger partial charge is 0.380 e. The van der Waals surface area contributed by atoms with Crippen LogP contribution in [-0.2, 0) is 32.8 Å². The maximum atomic E-state index is 5.96. The molecule has 0 saturated carbocycles. The van der Waals surface area contributed by atoms with Crippen molar-refractivity contribution < 1.29 is 14.2 Å². The predicted octanol–water partition coefficient (Wildman–Crippen LogP) is 1.42. The molecular weight excluding hydrogens is 218 g/mol. The molecule has 1 fully saturated rings. The summed E-state index contributed by atoms with van der Waals surface area (Å²) in [6.45, 7) is 2.78. The number of aromatic nitrogens is 1. The quantitative estimate of drug-likeness (QED) is 0.777. The molecule has 1 spiro atoms. The molecule has 0 aromatic carbocycles. The third kappa shape index (κ3) is 1.76. The van der Waals surface area contributed by atoms with E-state index in [1.165, 1.54) is 11.1 Å². The summed E-state index contributed by atoms with van der Waals surface area (Å²) in [4.78, 5) is 4.54. The van der Waals surface area contributed by atoms with Crippen LogP contribution in [0.25, 0.3) is 0 Å². The fraction of sp³-hybridized carbons (Fsp3) is 0.615. The molecule has 4 nitrogen and oxygen atoms in total. The molecule has 1 atom stereocenters. The van der Waals surface area contributed by atoms with Gasteiger partial charge in [-0.3, -0.25) is 4.98 Å². The van der Waals surface area contributed by atoms with Crippen molar-refractivity contribution in [3.05, 3.63) is 29.1 Å². The fourth-order valence-electron chi connectivity index (χ4n) is 2.76. The zero-order valence-electron chi connectivity index (χ0n) is 10.1. The van der Waals surface area contributed by atoms with Gasteiger partial charge in [0.15, 0.2) is 0 Å². The van der Waals surface area contributed by atoms with Crippen molar-refractivity contribution in [1.29, 1.82) is 0 Å². The molecule has 1 saturated heterocycles. The van der Waals surface area contributed by atoms with Crippen LogP contribution >= 0.6 is 0 Å². The molecule has 17 heavy (non-hydrogen) atoms. The van der Waals surface area contributed by atoms with Crippen molar-refractivity contribution >= 4 is 0 Å². The van der Waals surface area contributed by atoms with Crippen LogP contribution in [0.3, 0.4) is 0 Å². The van der Waals surface area contributed by atoms with Gasteiger partial charge in [0, 0.05) is 26.3 Å². The highest BCUT2D eigenvalue weighted by molar-refractivity contribution is 5.36. The highest BCUT2D eigenvalue weighted by Gasteiger charge is 2.43. The summed E-state index contributed by atoms with van der Waals surface area (Å²) in [5, 5.41) is 0. The van der Waals surface area contributed by atoms with Crippen molar-refractivity contribution in [2.75, 3.05) is 26.9 Å². The van der Waals surface area contributed by atoms with E-state index in [0.29, 0.717) is 13.2 Å². The molecule has 4 heteroatoms. The number of methoxy groups -OCH3 is 1. The highest BCUT2D eigenvalue weighted by Crippen LogP contribution is 2.39. The van der Waals surface area contributed by atoms with Gasteiger partial charge in [0.1, 0.15) is 5.60 Å². The van der Waals surface area contributed by atoms with Crippen molar-refractivity contribution in [1.82, 2.24) is 4.98 Å². The number of hydrogen-bond acceptors (Lipinski definition) is 4. The molecular formula is C13H17NO3. The first-order valence-corrected chi connectivity index (χ1v) is 6.04. The zero-order valence-corrected chi connectivity index (χ0v) is 10.1. The molecule has 2 aliphatic heterocycles. The number of hydrogen-bond donors (Lipinski definition) is 0. The second-order valence-electron chi connectivity index (χ2n) is 4.63. The minimum atomic E-state index is -0.294. The van der Waals surface area contributed by atoms with Crippen LogP contribution < -0.4 is 0 Å². The normalized spacial score (nSPS) is 27.4. The van der Waals surface area contributed by atoms with Crippen LogP contribution in [0.5, 0.6) is 0 Å². The summed E-state index contributed by atoms with van der Waals surface area (Å²) in [5.74, 6) is 0. The standard InChI is InChI=1S/C13H17NO3/c1-15-8-10-2-5-14-12-11(10)3-6-17-13(12)4-7-16-9-13/h2,5H,3-4,6-9H2,1H3. The van der Waals surface area contributed by atoms with E-state index in [4.69, 9.17) is 14.2 Å². The third-order valence-corrected chi connectivity index (χ3v) is 3.60. The lowest BCUT2D eigenvalue weighted by atomic mass is 9.88. The second-order valence-corrected chi connectivity index (χ2v) is 4.63. The minimum Gasteiger partial charge on any atom is -0.380 e. The topological polar surface area (TPSA) is 40.6 Å². The lowest BCUT2D eigenvalue weighted by Gasteiger charge is -2.34. The first kappa shape index (κ1) is 11.1. The molecule has 0 bridgehead atoms. The summed E-state index contributed by atoms with van der Waals surface area (Å²) in [7, 11) is 1.72. The van der Waals surface area contributed by atoms with Crippen molar-refractivity contribution in [2.45, 2.75) is 25.0 Å². The Labute approximate surface area is 101 Å². The Morgan fingerprint density at radius 3 is 3.18 bits per heavy atom. The van der Waals surface area contributed by atoms with Crippen molar-refractivity contribution in [3.8, 4) is 0 Å². The second kappa shape index (κ2) is 4.37. The summed E-state index contributed by atoms with van der Waals surface area (Å²) < 4.78 is 16.7. The zero-order chi connectivity index (χ0) is 11.7. The Hall–Kier alpha value is -0.970. The number of rotatable bonds is 2. The maximum Gasteiger partial charge on any atom is 0.136 e. The molecule has 2 aliphatic rings. The van der Waals surface area contributed by atoms with E-state index in [0.717, 1.165) is 31.7 Å². The van der Waals surface area contributed by atoms with Gasteiger partial charge in [0.2, 0.25) is 0 Å². The third-order valence-electron chi connectivity index (χ3n) is 3.60. The van der Waals surface area contributed by atoms with E-state index in [9.17, 15) is 0 Å². The first-order chi connectivity index (χ1) is 8.36. The van der Waals surface area contributed by atoms with Gasteiger partial charge in [-0.05, 0) is 23.6 Å². The number of ether oxygens (including phenoxy) is 3. The van der Waals surface area contributed by atoms with E-state index in [1.807, 2.05) is 12.3 Å². The van der Waals surface area contributed by atoms with Gasteiger partial charge < -0.3 is 14.2 Å². The highest BCUT2D eigenvalue weighted by atomic mass is 16.6. The summed E-state index contributed by atoms with van der Waals surface area (Å²) >= 11 is 0. The fourth-order valence-corrected chi connectivity index (χ4v) is 2.76. The first-order valence-electron chi connectivity index (χ1n) is 6.04. The van der Waals surface area contributed by atoms with E-state index < -0.39 is 0 Å². The molecule has 0 radical (unpaired) electrons. The lowest BCUT2D eigenvalue weighted by Crippen LogP contribution is -2.37. The molecule has 3 rings (SSSR count). The molecule has 92 valence electrons. The van der Waals surface area contributed by atoms with Gasteiger partial charge in [-0.1, -0.05) is 0 Å². The molecule has 3 heterocycles. The smallest absolute Gasteiger partial charge is 0.136 e. The maximum absolute atomic E-state index is 5.96. The number of fused-ring (bicyclic) bond motifs is 2. The van der Waals surface area contributed by atoms with Gasteiger partial charge in [-0.15, -0.1) is 0 Å². The van der Waals surface area contributed by atoms with Crippen LogP contribution in [0.2, 0.25) is 0 Å². The summed E-state index contributed by atoms with van der Waals surface area (Å²) in [6, 6.07) is 2.04. The Balaban J connectivity index is 2.05. The van der Waals surface area contributed by atoms with Gasteiger partial charge in [-0.25, -0.2) is 0 Å². The van der Waals surface area contributed by atoms with E-state index in [1.54, 1.807) is 7.11 Å². The Morgan fingerprint density at radius 2 is 2.41 bits per heavy atom. The van der Waals surface area contributed by atoms with Crippen LogP contribution in [-0.4, -0.2) is 31.9 Å². The van der Waals surface area contributed by atoms with Gasteiger partial charge in [0.05, 0.1) is 25.5 Å². The molecule has 1 aromatic heterocycles. The van der Waals surface area contributed by atoms with Crippen LogP contribution in [0.4, 0.5) is 0 Å². The number of nitrogens with zero attached hydrogens (tertiary/aromatic N) is 1. The lowest BCUT2D eigenvalue weighted by molar-refractivity contribution is -0.0669. The van der Waals surface area contributed by atoms with E-state index in [2.05, 4.69) is 4.98 Å². The Kier molecular flexibility index (Phi) is 2.86. The van der Waals surface area contributed by atoms with Crippen LogP contribution in [0.15, 0.2) is 12.3 Å². The van der Waals surface area contributed by atoms with Crippen molar-refractivity contribution in [3.63, 3.8) is 0 Å². The molecule has 0 aliphatic carbocycles. The molecule has 0 N–H and O–H groups in total. The van der Waals surface area contributed by atoms with Gasteiger partial charge in [0.25, 0.3) is 0 Å². The van der Waals surface area contributed by atoms with Gasteiger partial charge in [-0.2, -0.15) is 0 Å². The molecule has 1 aromatic rings. The molecule has 1 unspecified atom stereocenters. The van der Waals surface area contributed by atoms with Crippen LogP contribution in [0, 0.1) is 0 Å². The van der Waals surface area contributed by atoms with E-state index in [-0.39, 0.29) is 5.60 Å². The molecule has 0 amide bonds. The SMILES string of the molecule is COCc1ccnc2c1CCOC21CCOC1. The van der Waals surface area contributed by atoms with Gasteiger partial charge >= 0.3 is 0 Å². The number of pyridine rings is 1. The van der Waals surface area contributed by atoms with Crippen LogP contribution in [0.1, 0.15) is 23.2 Å². The summed E-state index contributed by atoms with van der Waals surface area (Å²) in [6.07, 6.45) is 3.68. The predicted molar refractivity (Wildman–Crippen MR) is 61.7 cm³/mol. The Morgan fingerprint density at radius 1 is 1.47 bits per heavy atom.